The Bertz CT molecular complexity index is 189. The minimum absolute atomic E-state index is 0.246. The summed E-state index contributed by atoms with van der Waals surface area (Å²) in [5.74, 6) is 0. The molecule has 0 heterocycles. The van der Waals surface area contributed by atoms with Crippen molar-refractivity contribution in [3.05, 3.63) is 0 Å². The van der Waals surface area contributed by atoms with Crippen molar-refractivity contribution in [1.82, 2.24) is 4.39 Å². The molecule has 1 aliphatic carbocycles. The van der Waals surface area contributed by atoms with Crippen LogP contribution in [0.1, 0.15) is 26.7 Å². The molecule has 1 aliphatic rings. The minimum Gasteiger partial charge on any atom is -0.259 e. The van der Waals surface area contributed by atoms with Crippen molar-refractivity contribution >= 4 is 19.2 Å². The largest absolute Gasteiger partial charge is 0.259 e. The molecule has 1 unspecified atom stereocenters. The van der Waals surface area contributed by atoms with Gasteiger partial charge in [0.25, 0.3) is 0 Å². The summed E-state index contributed by atoms with van der Waals surface area (Å²) in [6.45, 7) is 8.57. The molecule has 1 rings (SSSR count). The molecule has 72 valence electrons. The first-order chi connectivity index (χ1) is 5.43. The summed E-state index contributed by atoms with van der Waals surface area (Å²) in [6.07, 6.45) is 2.70. The third kappa shape index (κ3) is 2.67. The molecule has 0 spiro atoms. The van der Waals surface area contributed by atoms with Crippen LogP contribution in [0.3, 0.4) is 0 Å². The zero-order chi connectivity index (χ0) is 9.35. The summed E-state index contributed by atoms with van der Waals surface area (Å²) in [6, 6.07) is 0. The first kappa shape index (κ1) is 10.4. The van der Waals surface area contributed by atoms with E-state index in [-0.39, 0.29) is 5.25 Å². The monoisotopic (exact) mass is 205 g/mol. The molecule has 0 radical (unpaired) electrons. The average Bonchev–Trinajstić information content (AvgIpc) is 2.65. The Morgan fingerprint density at radius 2 is 1.92 bits per heavy atom. The van der Waals surface area contributed by atoms with Gasteiger partial charge < -0.3 is 0 Å². The summed E-state index contributed by atoms with van der Waals surface area (Å²) in [5, 5.41) is 0.246. The molecule has 1 atom stereocenters. The number of nitrogens with one attached hydrogen (secondary N) is 1. The third-order valence-corrected chi connectivity index (χ3v) is 8.77. The van der Waals surface area contributed by atoms with E-state index in [0.29, 0.717) is 0 Å². The molecule has 0 saturated heterocycles. The van der Waals surface area contributed by atoms with Gasteiger partial charge in [0, 0.05) is 5.25 Å². The van der Waals surface area contributed by atoms with Crippen molar-refractivity contribution in [2.24, 2.45) is 0 Å². The van der Waals surface area contributed by atoms with Gasteiger partial charge in [-0.1, -0.05) is 25.9 Å². The van der Waals surface area contributed by atoms with Crippen molar-refractivity contribution in [2.45, 2.75) is 50.6 Å². The third-order valence-electron chi connectivity index (χ3n) is 2.39. The summed E-state index contributed by atoms with van der Waals surface area (Å²) in [7, 11) is -2.16. The van der Waals surface area contributed by atoms with Crippen LogP contribution < -0.4 is 4.39 Å². The van der Waals surface area contributed by atoms with Gasteiger partial charge in [-0.2, -0.15) is 0 Å². The molecule has 0 aromatic carbocycles. The van der Waals surface area contributed by atoms with E-state index in [1.807, 2.05) is 13.8 Å². The lowest BCUT2D eigenvalue weighted by molar-refractivity contribution is 0.674. The molecule has 1 saturated carbocycles. The second-order valence-electron chi connectivity index (χ2n) is 4.44. The maximum atomic E-state index is 11.5. The number of hydrogen-bond donors (Lipinski definition) is 1. The Labute approximate surface area is 78.8 Å². The standard InChI is InChI=1S/C8H19NOSSi/c1-7(2)11(10)9-12(3,4)8-5-6-8/h7-9H,5-6H2,1-4H3. The molecule has 1 N–H and O–H groups in total. The van der Waals surface area contributed by atoms with Crippen LogP contribution >= 0.6 is 0 Å². The number of rotatable bonds is 4. The van der Waals surface area contributed by atoms with E-state index in [2.05, 4.69) is 17.5 Å². The van der Waals surface area contributed by atoms with Gasteiger partial charge in [-0.05, 0) is 19.4 Å². The highest BCUT2D eigenvalue weighted by Crippen LogP contribution is 2.43. The Morgan fingerprint density at radius 3 is 2.25 bits per heavy atom. The highest BCUT2D eigenvalue weighted by atomic mass is 32.2. The summed E-state index contributed by atoms with van der Waals surface area (Å²) in [4.78, 5) is 0. The maximum absolute atomic E-state index is 11.5. The van der Waals surface area contributed by atoms with Crippen molar-refractivity contribution in [2.75, 3.05) is 0 Å². The van der Waals surface area contributed by atoms with Gasteiger partial charge in [-0.3, -0.25) is 4.39 Å². The Morgan fingerprint density at radius 1 is 1.42 bits per heavy atom. The number of hydrogen-bond acceptors (Lipinski definition) is 1. The lowest BCUT2D eigenvalue weighted by Crippen LogP contribution is -2.47. The summed E-state index contributed by atoms with van der Waals surface area (Å²) in [5.41, 5.74) is 0.875. The Kier molecular flexibility index (Phi) is 3.12. The molecule has 0 aromatic rings. The quantitative estimate of drug-likeness (QED) is 0.699. The fraction of sp³-hybridized carbons (Fsp3) is 1.00. The maximum Gasteiger partial charge on any atom is 0.136 e. The van der Waals surface area contributed by atoms with Gasteiger partial charge >= 0.3 is 0 Å². The molecule has 0 amide bonds. The highest BCUT2D eigenvalue weighted by molar-refractivity contribution is 7.85. The SMILES string of the molecule is CC(C)S(=O)N[Si](C)(C)C1CC1. The van der Waals surface area contributed by atoms with Crippen LogP contribution in [0.5, 0.6) is 0 Å². The predicted molar refractivity (Wildman–Crippen MR) is 56.9 cm³/mol. The van der Waals surface area contributed by atoms with Crippen LogP contribution in [0.2, 0.25) is 18.6 Å². The Balaban J connectivity index is 2.43. The highest BCUT2D eigenvalue weighted by Gasteiger charge is 2.41. The lowest BCUT2D eigenvalue weighted by atomic mass is 10.6. The Hall–Kier alpha value is 0.327. The van der Waals surface area contributed by atoms with Gasteiger partial charge in [0.2, 0.25) is 0 Å². The molecular weight excluding hydrogens is 186 g/mol. The van der Waals surface area contributed by atoms with E-state index in [1.165, 1.54) is 12.8 Å². The first-order valence-electron chi connectivity index (χ1n) is 4.62. The van der Waals surface area contributed by atoms with Gasteiger partial charge in [0.15, 0.2) is 0 Å². The molecular formula is C8H19NOSSi. The summed E-state index contributed by atoms with van der Waals surface area (Å²) >= 11 is 0. The van der Waals surface area contributed by atoms with Crippen molar-refractivity contribution in [3.8, 4) is 0 Å². The molecule has 2 nitrogen and oxygen atoms in total. The van der Waals surface area contributed by atoms with Crippen LogP contribution in [0.25, 0.3) is 0 Å². The van der Waals surface area contributed by atoms with E-state index < -0.39 is 19.2 Å². The average molecular weight is 205 g/mol. The zero-order valence-electron chi connectivity index (χ0n) is 8.39. The topological polar surface area (TPSA) is 29.1 Å². The van der Waals surface area contributed by atoms with Crippen LogP contribution in [-0.2, 0) is 11.0 Å². The van der Waals surface area contributed by atoms with E-state index in [4.69, 9.17) is 0 Å². The minimum atomic E-state index is -1.35. The van der Waals surface area contributed by atoms with Crippen LogP contribution in [0.4, 0.5) is 0 Å². The van der Waals surface area contributed by atoms with Crippen LogP contribution in [-0.4, -0.2) is 17.7 Å². The van der Waals surface area contributed by atoms with Gasteiger partial charge in [-0.15, -0.1) is 0 Å². The second kappa shape index (κ2) is 3.60. The van der Waals surface area contributed by atoms with Crippen molar-refractivity contribution in [3.63, 3.8) is 0 Å². The fourth-order valence-corrected chi connectivity index (χ4v) is 6.56. The molecule has 0 aliphatic heterocycles. The van der Waals surface area contributed by atoms with Crippen LogP contribution in [0.15, 0.2) is 0 Å². The van der Waals surface area contributed by atoms with Gasteiger partial charge in [0.1, 0.15) is 8.24 Å². The molecule has 4 heteroatoms. The molecule has 0 aromatic heterocycles. The fourth-order valence-electron chi connectivity index (χ4n) is 1.27. The lowest BCUT2D eigenvalue weighted by Gasteiger charge is -2.23. The van der Waals surface area contributed by atoms with E-state index >= 15 is 0 Å². The molecule has 0 bridgehead atoms. The summed E-state index contributed by atoms with van der Waals surface area (Å²) < 4.78 is 14.9. The molecule has 12 heavy (non-hydrogen) atoms. The van der Waals surface area contributed by atoms with E-state index in [0.717, 1.165) is 5.54 Å². The van der Waals surface area contributed by atoms with E-state index in [9.17, 15) is 4.21 Å². The second-order valence-corrected chi connectivity index (χ2v) is 11.1. The van der Waals surface area contributed by atoms with Gasteiger partial charge in [0.05, 0.1) is 11.0 Å². The van der Waals surface area contributed by atoms with Crippen molar-refractivity contribution in [1.29, 1.82) is 0 Å². The van der Waals surface area contributed by atoms with Gasteiger partial charge in [-0.25, -0.2) is 4.21 Å². The van der Waals surface area contributed by atoms with E-state index in [1.54, 1.807) is 0 Å². The van der Waals surface area contributed by atoms with Crippen LogP contribution in [0, 0.1) is 0 Å². The normalized spacial score (nSPS) is 21.4. The molecule has 1 fully saturated rings. The first-order valence-corrected chi connectivity index (χ1v) is 8.91. The zero-order valence-corrected chi connectivity index (χ0v) is 10.2. The predicted octanol–water partition coefficient (Wildman–Crippen LogP) is 2.02. The smallest absolute Gasteiger partial charge is 0.136 e. The van der Waals surface area contributed by atoms with Crippen molar-refractivity contribution < 1.29 is 4.21 Å².